The number of rotatable bonds is 10. The second kappa shape index (κ2) is 8.71. The van der Waals surface area contributed by atoms with Gasteiger partial charge in [-0.15, -0.1) is 0 Å². The Bertz CT molecular complexity index is 323. The monoisotopic (exact) mass is 299 g/mol. The third kappa shape index (κ3) is 5.24. The molecule has 2 atom stereocenters. The summed E-state index contributed by atoms with van der Waals surface area (Å²) in [5.41, 5.74) is 5.21. The van der Waals surface area contributed by atoms with Crippen LogP contribution >= 0.6 is 0 Å². The smallest absolute Gasteiger partial charge is 0.238 e. The van der Waals surface area contributed by atoms with Gasteiger partial charge < -0.3 is 20.7 Å². The highest BCUT2D eigenvalue weighted by Gasteiger charge is 2.46. The maximum Gasteiger partial charge on any atom is 0.238 e. The zero-order valence-corrected chi connectivity index (χ0v) is 14.2. The number of ether oxygens (including phenoxy) is 1. The van der Waals surface area contributed by atoms with Gasteiger partial charge in [0.05, 0.1) is 12.7 Å². The van der Waals surface area contributed by atoms with E-state index in [9.17, 15) is 4.79 Å². The molecule has 5 nitrogen and oxygen atoms in total. The Morgan fingerprint density at radius 2 is 2.19 bits per heavy atom. The molecule has 0 aromatic rings. The molecule has 0 saturated heterocycles. The lowest BCUT2D eigenvalue weighted by Crippen LogP contribution is -2.58. The normalized spacial score (nSPS) is 25.9. The summed E-state index contributed by atoms with van der Waals surface area (Å²) in [6.45, 7) is 9.59. The standard InChI is InChI=1S/C16H33N3O2/c1-5-18-16(15(17)20)9-6-7-14(16)8-10-19(4)11-12-21-13(2)3/h13-14,18H,5-12H2,1-4H3,(H2,17,20). The first-order chi connectivity index (χ1) is 9.92. The highest BCUT2D eigenvalue weighted by atomic mass is 16.5. The molecular weight excluding hydrogens is 266 g/mol. The van der Waals surface area contributed by atoms with Crippen molar-refractivity contribution in [1.29, 1.82) is 0 Å². The second-order valence-electron chi connectivity index (χ2n) is 6.47. The molecule has 0 aromatic heterocycles. The van der Waals surface area contributed by atoms with Gasteiger partial charge in [0.25, 0.3) is 0 Å². The van der Waals surface area contributed by atoms with Crippen LogP contribution in [0.4, 0.5) is 0 Å². The summed E-state index contributed by atoms with van der Waals surface area (Å²) in [4.78, 5) is 14.2. The quantitative estimate of drug-likeness (QED) is 0.639. The summed E-state index contributed by atoms with van der Waals surface area (Å²) >= 11 is 0. The lowest BCUT2D eigenvalue weighted by molar-refractivity contribution is -0.126. The largest absolute Gasteiger partial charge is 0.377 e. The van der Waals surface area contributed by atoms with Gasteiger partial charge in [0, 0.05) is 6.54 Å². The van der Waals surface area contributed by atoms with Crippen LogP contribution < -0.4 is 11.1 Å². The van der Waals surface area contributed by atoms with Gasteiger partial charge in [0.15, 0.2) is 0 Å². The highest BCUT2D eigenvalue weighted by molar-refractivity contribution is 5.85. The molecule has 1 saturated carbocycles. The SMILES string of the molecule is CCNC1(C(N)=O)CCCC1CCN(C)CCOC(C)C. The molecular formula is C16H33N3O2. The zero-order chi connectivity index (χ0) is 15.9. The summed E-state index contributed by atoms with van der Waals surface area (Å²) in [6.07, 6.45) is 4.34. The molecule has 1 aliphatic carbocycles. The van der Waals surface area contributed by atoms with Gasteiger partial charge in [-0.1, -0.05) is 13.3 Å². The first kappa shape index (κ1) is 18.4. The molecule has 2 unspecified atom stereocenters. The summed E-state index contributed by atoms with van der Waals surface area (Å²) in [5.74, 6) is 0.168. The van der Waals surface area contributed by atoms with Crippen LogP contribution in [-0.4, -0.2) is 55.7 Å². The van der Waals surface area contributed by atoms with Gasteiger partial charge in [0.1, 0.15) is 5.54 Å². The Balaban J connectivity index is 2.43. The Morgan fingerprint density at radius 3 is 2.76 bits per heavy atom. The lowest BCUT2D eigenvalue weighted by Gasteiger charge is -2.34. The van der Waals surface area contributed by atoms with Crippen molar-refractivity contribution < 1.29 is 9.53 Å². The van der Waals surface area contributed by atoms with Crippen LogP contribution in [0, 0.1) is 5.92 Å². The first-order valence-corrected chi connectivity index (χ1v) is 8.27. The van der Waals surface area contributed by atoms with Crippen LogP contribution in [0.25, 0.3) is 0 Å². The van der Waals surface area contributed by atoms with E-state index < -0.39 is 5.54 Å². The van der Waals surface area contributed by atoms with E-state index in [4.69, 9.17) is 10.5 Å². The summed E-state index contributed by atoms with van der Waals surface area (Å²) < 4.78 is 5.57. The third-order valence-corrected chi connectivity index (χ3v) is 4.54. The van der Waals surface area contributed by atoms with E-state index in [1.54, 1.807) is 0 Å². The number of likely N-dealkylation sites (N-methyl/N-ethyl adjacent to an activating group) is 2. The Morgan fingerprint density at radius 1 is 1.48 bits per heavy atom. The molecule has 124 valence electrons. The Kier molecular flexibility index (Phi) is 7.63. The van der Waals surface area contributed by atoms with Crippen molar-refractivity contribution in [2.24, 2.45) is 11.7 Å². The van der Waals surface area contributed by atoms with Crippen LogP contribution in [-0.2, 0) is 9.53 Å². The lowest BCUT2D eigenvalue weighted by atomic mass is 9.83. The fourth-order valence-corrected chi connectivity index (χ4v) is 3.36. The van der Waals surface area contributed by atoms with E-state index in [-0.39, 0.29) is 12.0 Å². The average molecular weight is 299 g/mol. The number of nitrogens with two attached hydrogens (primary N) is 1. The van der Waals surface area contributed by atoms with E-state index in [0.29, 0.717) is 5.92 Å². The van der Waals surface area contributed by atoms with Gasteiger partial charge >= 0.3 is 0 Å². The van der Waals surface area contributed by atoms with Crippen molar-refractivity contribution in [2.45, 2.75) is 58.1 Å². The highest BCUT2D eigenvalue weighted by Crippen LogP contribution is 2.37. The van der Waals surface area contributed by atoms with Crippen molar-refractivity contribution in [1.82, 2.24) is 10.2 Å². The van der Waals surface area contributed by atoms with Gasteiger partial charge in [-0.25, -0.2) is 0 Å². The molecule has 1 fully saturated rings. The second-order valence-corrected chi connectivity index (χ2v) is 6.47. The molecule has 0 radical (unpaired) electrons. The molecule has 3 N–H and O–H groups in total. The zero-order valence-electron chi connectivity index (χ0n) is 14.2. The van der Waals surface area contributed by atoms with Gasteiger partial charge in [0.2, 0.25) is 5.91 Å². The third-order valence-electron chi connectivity index (χ3n) is 4.54. The number of nitrogens with one attached hydrogen (secondary N) is 1. The summed E-state index contributed by atoms with van der Waals surface area (Å²) in [6, 6.07) is 0. The average Bonchev–Trinajstić information content (AvgIpc) is 2.80. The van der Waals surface area contributed by atoms with Crippen LogP contribution in [0.3, 0.4) is 0 Å². The maximum atomic E-state index is 11.9. The van der Waals surface area contributed by atoms with Crippen molar-refractivity contribution in [2.75, 3.05) is 33.3 Å². The number of amides is 1. The topological polar surface area (TPSA) is 67.6 Å². The molecule has 1 aliphatic rings. The van der Waals surface area contributed by atoms with E-state index in [1.165, 1.54) is 0 Å². The van der Waals surface area contributed by atoms with Crippen LogP contribution in [0.5, 0.6) is 0 Å². The Labute approximate surface area is 129 Å². The predicted molar refractivity (Wildman–Crippen MR) is 86.1 cm³/mol. The number of primary amides is 1. The summed E-state index contributed by atoms with van der Waals surface area (Å²) in [5, 5.41) is 3.37. The first-order valence-electron chi connectivity index (χ1n) is 8.27. The minimum atomic E-state index is -0.482. The number of carbonyl (C=O) groups is 1. The molecule has 5 heteroatoms. The summed E-state index contributed by atoms with van der Waals surface area (Å²) in [7, 11) is 2.11. The minimum Gasteiger partial charge on any atom is -0.377 e. The molecule has 0 heterocycles. The van der Waals surface area contributed by atoms with Crippen LogP contribution in [0.15, 0.2) is 0 Å². The predicted octanol–water partition coefficient (Wildman–Crippen LogP) is 1.37. The number of nitrogens with zero attached hydrogens (tertiary/aromatic N) is 1. The van der Waals surface area contributed by atoms with E-state index in [0.717, 1.165) is 51.9 Å². The van der Waals surface area contributed by atoms with Crippen molar-refractivity contribution in [3.05, 3.63) is 0 Å². The van der Waals surface area contributed by atoms with Crippen LogP contribution in [0.1, 0.15) is 46.5 Å². The van der Waals surface area contributed by atoms with Crippen molar-refractivity contribution in [3.63, 3.8) is 0 Å². The number of hydrogen-bond acceptors (Lipinski definition) is 4. The fraction of sp³-hybridized carbons (Fsp3) is 0.938. The number of hydrogen-bond donors (Lipinski definition) is 2. The molecule has 0 bridgehead atoms. The number of carbonyl (C=O) groups excluding carboxylic acids is 1. The Hall–Kier alpha value is -0.650. The van der Waals surface area contributed by atoms with Crippen LogP contribution in [0.2, 0.25) is 0 Å². The van der Waals surface area contributed by atoms with E-state index in [1.807, 2.05) is 6.92 Å². The fourth-order valence-electron chi connectivity index (χ4n) is 3.36. The van der Waals surface area contributed by atoms with E-state index >= 15 is 0 Å². The van der Waals surface area contributed by atoms with E-state index in [2.05, 4.69) is 31.1 Å². The minimum absolute atomic E-state index is 0.183. The molecule has 0 aliphatic heterocycles. The molecule has 0 spiro atoms. The molecule has 0 aromatic carbocycles. The van der Waals surface area contributed by atoms with Crippen molar-refractivity contribution >= 4 is 5.91 Å². The maximum absolute atomic E-state index is 11.9. The molecule has 21 heavy (non-hydrogen) atoms. The van der Waals surface area contributed by atoms with Gasteiger partial charge in [-0.05, 0) is 59.2 Å². The molecule has 1 amide bonds. The van der Waals surface area contributed by atoms with Crippen molar-refractivity contribution in [3.8, 4) is 0 Å². The molecule has 1 rings (SSSR count). The van der Waals surface area contributed by atoms with Gasteiger partial charge in [-0.2, -0.15) is 0 Å². The van der Waals surface area contributed by atoms with Gasteiger partial charge in [-0.3, -0.25) is 4.79 Å².